The number of hydrogen-bond acceptors (Lipinski definition) is 5. The Hall–Kier alpha value is -2.18. The number of nitrogens with one attached hydrogen (secondary N) is 1. The van der Waals surface area contributed by atoms with Gasteiger partial charge in [0.2, 0.25) is 0 Å². The fraction of sp³-hybridized carbons (Fsp3) is 0.333. The van der Waals surface area contributed by atoms with E-state index in [-0.39, 0.29) is 0 Å². The van der Waals surface area contributed by atoms with Crippen molar-refractivity contribution < 1.29 is 0 Å². The highest BCUT2D eigenvalue weighted by Crippen LogP contribution is 2.24. The van der Waals surface area contributed by atoms with Gasteiger partial charge in [0, 0.05) is 30.9 Å². The molecule has 0 saturated carbocycles. The predicted molar refractivity (Wildman–Crippen MR) is 100 cm³/mol. The maximum absolute atomic E-state index is 5.80. The lowest BCUT2D eigenvalue weighted by Crippen LogP contribution is -2.26. The average Bonchev–Trinajstić information content (AvgIpc) is 3.04. The molecular weight excluding hydrogens is 318 g/mol. The van der Waals surface area contributed by atoms with Crippen LogP contribution in [0.1, 0.15) is 22.0 Å². The minimum atomic E-state index is 0.706. The standard InChI is InChI=1S/C18H21N5S/c1-12-20-14-5-4-13(11-16(14)21-12)3-2-8-23-9-6-15-17(7-10-23)24-18(19)22-15/h2-5,11H,6-10H2,1H3,(H2,19,22)(H,20,21)/b3-2+. The number of aromatic nitrogens is 3. The Morgan fingerprint density at radius 1 is 1.29 bits per heavy atom. The molecule has 3 N–H and O–H groups in total. The Labute approximate surface area is 145 Å². The first kappa shape index (κ1) is 15.4. The number of thiazole rings is 1. The molecule has 0 saturated heterocycles. The molecule has 5 nitrogen and oxygen atoms in total. The minimum Gasteiger partial charge on any atom is -0.375 e. The molecule has 0 aliphatic carbocycles. The molecule has 1 aromatic carbocycles. The Morgan fingerprint density at radius 2 is 2.17 bits per heavy atom. The molecule has 6 heteroatoms. The van der Waals surface area contributed by atoms with E-state index < -0.39 is 0 Å². The number of hydrogen-bond donors (Lipinski definition) is 2. The van der Waals surface area contributed by atoms with Gasteiger partial charge in [0.05, 0.1) is 16.7 Å². The largest absolute Gasteiger partial charge is 0.375 e. The zero-order valence-corrected chi connectivity index (χ0v) is 14.6. The van der Waals surface area contributed by atoms with Gasteiger partial charge in [0.1, 0.15) is 5.82 Å². The van der Waals surface area contributed by atoms with Crippen LogP contribution in [0.15, 0.2) is 24.3 Å². The fourth-order valence-electron chi connectivity index (χ4n) is 3.20. The fourth-order valence-corrected chi connectivity index (χ4v) is 4.07. The number of aromatic amines is 1. The van der Waals surface area contributed by atoms with Crippen molar-refractivity contribution >= 4 is 33.6 Å². The van der Waals surface area contributed by atoms with Gasteiger partial charge in [-0.05, 0) is 31.0 Å². The van der Waals surface area contributed by atoms with E-state index in [1.54, 1.807) is 11.3 Å². The second kappa shape index (κ2) is 6.37. The number of imidazole rings is 1. The second-order valence-corrected chi connectivity index (χ2v) is 7.34. The lowest BCUT2D eigenvalue weighted by Gasteiger charge is -2.17. The van der Waals surface area contributed by atoms with Gasteiger partial charge < -0.3 is 10.7 Å². The third-order valence-corrected chi connectivity index (χ3v) is 5.40. The Kier molecular flexibility index (Phi) is 4.08. The number of fused-ring (bicyclic) bond motifs is 2. The highest BCUT2D eigenvalue weighted by atomic mass is 32.1. The van der Waals surface area contributed by atoms with Gasteiger partial charge in [-0.15, -0.1) is 11.3 Å². The summed E-state index contributed by atoms with van der Waals surface area (Å²) in [5, 5.41) is 0.706. The van der Waals surface area contributed by atoms with Crippen LogP contribution in [-0.4, -0.2) is 39.5 Å². The number of aryl methyl sites for hydroxylation is 1. The first-order chi connectivity index (χ1) is 11.7. The molecule has 124 valence electrons. The quantitative estimate of drug-likeness (QED) is 0.769. The SMILES string of the molecule is Cc1nc2cc(/C=C/CN3CCc4nc(N)sc4CC3)ccc2[nH]1. The van der Waals surface area contributed by atoms with Gasteiger partial charge in [0.15, 0.2) is 5.13 Å². The zero-order chi connectivity index (χ0) is 16.5. The van der Waals surface area contributed by atoms with Crippen LogP contribution < -0.4 is 5.73 Å². The molecule has 0 atom stereocenters. The van der Waals surface area contributed by atoms with E-state index >= 15 is 0 Å². The summed E-state index contributed by atoms with van der Waals surface area (Å²) in [4.78, 5) is 16.0. The van der Waals surface area contributed by atoms with Crippen molar-refractivity contribution in [1.29, 1.82) is 0 Å². The van der Waals surface area contributed by atoms with E-state index in [1.807, 2.05) is 6.92 Å². The van der Waals surface area contributed by atoms with E-state index in [1.165, 1.54) is 16.1 Å². The summed E-state index contributed by atoms with van der Waals surface area (Å²) in [6, 6.07) is 6.35. The van der Waals surface area contributed by atoms with Gasteiger partial charge >= 0.3 is 0 Å². The number of H-pyrrole nitrogens is 1. The lowest BCUT2D eigenvalue weighted by atomic mass is 10.2. The van der Waals surface area contributed by atoms with E-state index in [4.69, 9.17) is 5.73 Å². The maximum Gasteiger partial charge on any atom is 0.180 e. The van der Waals surface area contributed by atoms with Crippen molar-refractivity contribution in [2.24, 2.45) is 0 Å². The number of nitrogens with zero attached hydrogens (tertiary/aromatic N) is 3. The summed E-state index contributed by atoms with van der Waals surface area (Å²) in [6.45, 7) is 5.05. The zero-order valence-electron chi connectivity index (χ0n) is 13.7. The molecule has 3 heterocycles. The Balaban J connectivity index is 1.39. The Bertz CT molecular complexity index is 867. The molecule has 2 aromatic heterocycles. The highest BCUT2D eigenvalue weighted by Gasteiger charge is 2.16. The first-order valence-electron chi connectivity index (χ1n) is 8.27. The molecule has 0 bridgehead atoms. The Morgan fingerprint density at radius 3 is 3.08 bits per heavy atom. The topological polar surface area (TPSA) is 70.8 Å². The molecule has 4 rings (SSSR count). The molecule has 0 fully saturated rings. The van der Waals surface area contributed by atoms with Crippen LogP contribution in [0.5, 0.6) is 0 Å². The van der Waals surface area contributed by atoms with Crippen LogP contribution in [0.4, 0.5) is 5.13 Å². The van der Waals surface area contributed by atoms with Crippen molar-refractivity contribution in [3.63, 3.8) is 0 Å². The number of rotatable bonds is 3. The van der Waals surface area contributed by atoms with Gasteiger partial charge in [0.25, 0.3) is 0 Å². The van der Waals surface area contributed by atoms with E-state index in [2.05, 4.69) is 50.2 Å². The molecule has 0 spiro atoms. The van der Waals surface area contributed by atoms with Gasteiger partial charge in [-0.25, -0.2) is 9.97 Å². The molecule has 0 amide bonds. The minimum absolute atomic E-state index is 0.706. The molecule has 1 aliphatic heterocycles. The van der Waals surface area contributed by atoms with Crippen molar-refractivity contribution in [2.45, 2.75) is 19.8 Å². The molecule has 0 unspecified atom stereocenters. The summed E-state index contributed by atoms with van der Waals surface area (Å²) in [5.41, 5.74) is 10.3. The molecule has 24 heavy (non-hydrogen) atoms. The van der Waals surface area contributed by atoms with Crippen LogP contribution in [0.3, 0.4) is 0 Å². The van der Waals surface area contributed by atoms with Crippen LogP contribution >= 0.6 is 11.3 Å². The van der Waals surface area contributed by atoms with Crippen LogP contribution in [-0.2, 0) is 12.8 Å². The number of benzene rings is 1. The normalized spacial score (nSPS) is 15.9. The molecule has 0 radical (unpaired) electrons. The van der Waals surface area contributed by atoms with Gasteiger partial charge in [-0.1, -0.05) is 18.2 Å². The number of anilines is 1. The van der Waals surface area contributed by atoms with Gasteiger partial charge in [-0.2, -0.15) is 0 Å². The number of nitrogen functional groups attached to an aromatic ring is 1. The van der Waals surface area contributed by atoms with E-state index in [9.17, 15) is 0 Å². The smallest absolute Gasteiger partial charge is 0.180 e. The summed E-state index contributed by atoms with van der Waals surface area (Å²) in [7, 11) is 0. The maximum atomic E-state index is 5.80. The highest BCUT2D eigenvalue weighted by molar-refractivity contribution is 7.15. The van der Waals surface area contributed by atoms with Crippen molar-refractivity contribution in [1.82, 2.24) is 19.9 Å². The van der Waals surface area contributed by atoms with Crippen LogP contribution in [0, 0.1) is 6.92 Å². The van der Waals surface area contributed by atoms with Gasteiger partial charge in [-0.3, -0.25) is 4.90 Å². The predicted octanol–water partition coefficient (Wildman–Crippen LogP) is 3.02. The summed E-state index contributed by atoms with van der Waals surface area (Å²) >= 11 is 1.64. The van der Waals surface area contributed by atoms with Crippen molar-refractivity contribution in [3.05, 3.63) is 46.2 Å². The van der Waals surface area contributed by atoms with Crippen molar-refractivity contribution in [3.8, 4) is 0 Å². The van der Waals surface area contributed by atoms with E-state index in [0.29, 0.717) is 5.13 Å². The monoisotopic (exact) mass is 339 g/mol. The summed E-state index contributed by atoms with van der Waals surface area (Å²) in [5.74, 6) is 0.956. The average molecular weight is 339 g/mol. The molecule has 1 aliphatic rings. The van der Waals surface area contributed by atoms with Crippen LogP contribution in [0.25, 0.3) is 17.1 Å². The molecule has 3 aromatic rings. The van der Waals surface area contributed by atoms with E-state index in [0.717, 1.165) is 49.3 Å². The summed E-state index contributed by atoms with van der Waals surface area (Å²) < 4.78 is 0. The number of nitrogens with two attached hydrogens (primary N) is 1. The lowest BCUT2D eigenvalue weighted by molar-refractivity contribution is 0.318. The summed E-state index contributed by atoms with van der Waals surface area (Å²) in [6.07, 6.45) is 6.47. The third kappa shape index (κ3) is 3.20. The van der Waals surface area contributed by atoms with Crippen molar-refractivity contribution in [2.75, 3.05) is 25.4 Å². The van der Waals surface area contributed by atoms with Crippen LogP contribution in [0.2, 0.25) is 0 Å². The first-order valence-corrected chi connectivity index (χ1v) is 9.08. The second-order valence-electron chi connectivity index (χ2n) is 6.22. The third-order valence-electron chi connectivity index (χ3n) is 4.41. The molecular formula is C18H21N5S.